The molecule has 4 aromatic heterocycles. The van der Waals surface area contributed by atoms with Crippen molar-refractivity contribution >= 4 is 34.8 Å². The second-order valence-electron chi connectivity index (χ2n) is 9.29. The Morgan fingerprint density at radius 2 is 1.85 bits per heavy atom. The van der Waals surface area contributed by atoms with Crippen LogP contribution < -0.4 is 5.73 Å². The minimum Gasteiger partial charge on any atom is -0.368 e. The van der Waals surface area contributed by atoms with E-state index in [0.717, 1.165) is 5.56 Å². The van der Waals surface area contributed by atoms with Crippen LogP contribution in [0.25, 0.3) is 27.9 Å². The maximum absolute atomic E-state index is 12.9. The third-order valence-electron chi connectivity index (χ3n) is 6.13. The Kier molecular flexibility index (Phi) is 6.47. The van der Waals surface area contributed by atoms with Gasteiger partial charge in [-0.3, -0.25) is 9.61 Å². The first-order valence-electron chi connectivity index (χ1n) is 11.1. The standard InChI is InChI=1S/C15H13F2N7S.C8H16/c1-7-19-10-3-2-9(20-13(10)23(7)6-11(16)17)8-4-5-24-12(8)14(25)21-15(18)22-24;1-8(2)6-4-3-5-7-8/h2-5,11H,6H2,1H3,(H3,18,21,22,25);3-7H2,1-2H3. The zero-order valence-electron chi connectivity index (χ0n) is 19.1. The molecule has 33 heavy (non-hydrogen) atoms. The van der Waals surface area contributed by atoms with Crippen molar-refractivity contribution in [2.75, 3.05) is 5.73 Å². The summed E-state index contributed by atoms with van der Waals surface area (Å²) in [5.41, 5.74) is 9.29. The fourth-order valence-corrected chi connectivity index (χ4v) is 4.70. The number of nitrogens with zero attached hydrogens (tertiary/aromatic N) is 5. The van der Waals surface area contributed by atoms with Gasteiger partial charge >= 0.3 is 0 Å². The summed E-state index contributed by atoms with van der Waals surface area (Å²) < 4.78 is 29.1. The van der Waals surface area contributed by atoms with Gasteiger partial charge in [0, 0.05) is 11.8 Å². The molecule has 10 heteroatoms. The average Bonchev–Trinajstić information content (AvgIpc) is 3.29. The zero-order chi connectivity index (χ0) is 23.8. The van der Waals surface area contributed by atoms with Gasteiger partial charge in [-0.2, -0.15) is 0 Å². The quantitative estimate of drug-likeness (QED) is 0.360. The van der Waals surface area contributed by atoms with Crippen LogP contribution in [0, 0.1) is 17.0 Å². The van der Waals surface area contributed by atoms with E-state index in [-0.39, 0.29) is 5.95 Å². The average molecular weight is 474 g/mol. The highest BCUT2D eigenvalue weighted by Gasteiger charge is 2.20. The molecule has 1 saturated carbocycles. The topological polar surface area (TPSA) is 89.8 Å². The van der Waals surface area contributed by atoms with Crippen LogP contribution in [-0.4, -0.2) is 35.6 Å². The highest BCUT2D eigenvalue weighted by atomic mass is 32.1. The Balaban J connectivity index is 0.000000275. The molecule has 4 aromatic rings. The molecule has 0 radical (unpaired) electrons. The number of nitrogens with one attached hydrogen (secondary N) is 1. The highest BCUT2D eigenvalue weighted by molar-refractivity contribution is 7.71. The van der Waals surface area contributed by atoms with Crippen LogP contribution in [0.4, 0.5) is 14.7 Å². The third-order valence-corrected chi connectivity index (χ3v) is 6.42. The summed E-state index contributed by atoms with van der Waals surface area (Å²) in [5.74, 6) is 0.696. The number of nitrogens with two attached hydrogens (primary N) is 1. The molecule has 0 bridgehead atoms. The van der Waals surface area contributed by atoms with Gasteiger partial charge in [0.2, 0.25) is 5.95 Å². The Morgan fingerprint density at radius 1 is 1.12 bits per heavy atom. The Morgan fingerprint density at radius 3 is 2.48 bits per heavy atom. The molecule has 5 rings (SSSR count). The van der Waals surface area contributed by atoms with Crippen molar-refractivity contribution in [1.29, 1.82) is 0 Å². The van der Waals surface area contributed by atoms with Crippen molar-refractivity contribution in [3.63, 3.8) is 0 Å². The number of alkyl halides is 2. The summed E-state index contributed by atoms with van der Waals surface area (Å²) >= 11 is 5.29. The van der Waals surface area contributed by atoms with Crippen LogP contribution in [0.15, 0.2) is 24.4 Å². The minimum absolute atomic E-state index is 0.202. The van der Waals surface area contributed by atoms with Crippen LogP contribution in [0.2, 0.25) is 0 Å². The van der Waals surface area contributed by atoms with Crippen molar-refractivity contribution in [3.8, 4) is 11.3 Å². The van der Waals surface area contributed by atoms with Gasteiger partial charge in [-0.1, -0.05) is 45.3 Å². The lowest BCUT2D eigenvalue weighted by Gasteiger charge is -2.28. The molecule has 0 amide bonds. The van der Waals surface area contributed by atoms with Crippen LogP contribution in [-0.2, 0) is 6.54 Å². The monoisotopic (exact) mass is 473 g/mol. The molecule has 0 atom stereocenters. The van der Waals surface area contributed by atoms with Gasteiger partial charge in [-0.05, 0) is 43.4 Å². The van der Waals surface area contributed by atoms with Crippen LogP contribution in [0.1, 0.15) is 51.8 Å². The van der Waals surface area contributed by atoms with Crippen molar-refractivity contribution in [1.82, 2.24) is 29.1 Å². The van der Waals surface area contributed by atoms with E-state index in [1.165, 1.54) is 36.7 Å². The van der Waals surface area contributed by atoms with E-state index in [0.29, 0.717) is 38.3 Å². The summed E-state index contributed by atoms with van der Waals surface area (Å²) in [4.78, 5) is 12.9. The summed E-state index contributed by atoms with van der Waals surface area (Å²) in [5, 5.41) is 2.87. The number of hydrogen-bond acceptors (Lipinski definition) is 5. The number of nitrogen functional groups attached to an aromatic ring is 1. The molecule has 1 aliphatic carbocycles. The normalized spacial score (nSPS) is 15.7. The molecule has 176 valence electrons. The number of halogens is 2. The number of fused-ring (bicyclic) bond motifs is 2. The summed E-state index contributed by atoms with van der Waals surface area (Å²) in [6, 6.07) is 5.35. The first kappa shape index (κ1) is 23.3. The van der Waals surface area contributed by atoms with Crippen molar-refractivity contribution in [2.24, 2.45) is 5.41 Å². The maximum Gasteiger partial charge on any atom is 0.256 e. The van der Waals surface area contributed by atoms with Gasteiger partial charge in [-0.15, -0.1) is 0 Å². The number of aromatic nitrogens is 6. The first-order valence-corrected chi connectivity index (χ1v) is 11.5. The van der Waals surface area contributed by atoms with Crippen molar-refractivity contribution in [3.05, 3.63) is 34.9 Å². The largest absolute Gasteiger partial charge is 0.368 e. The molecule has 7 nitrogen and oxygen atoms in total. The Labute approximate surface area is 196 Å². The smallest absolute Gasteiger partial charge is 0.256 e. The fourth-order valence-electron chi connectivity index (χ4n) is 4.39. The molecule has 0 unspecified atom stereocenters. The van der Waals surface area contributed by atoms with Crippen molar-refractivity contribution < 1.29 is 8.78 Å². The lowest BCUT2D eigenvalue weighted by molar-refractivity contribution is 0.127. The predicted octanol–water partition coefficient (Wildman–Crippen LogP) is 5.94. The highest BCUT2D eigenvalue weighted by Crippen LogP contribution is 2.34. The number of aryl methyl sites for hydroxylation is 1. The van der Waals surface area contributed by atoms with Gasteiger partial charge in [0.1, 0.15) is 16.9 Å². The number of rotatable bonds is 3. The van der Waals surface area contributed by atoms with E-state index in [4.69, 9.17) is 18.0 Å². The van der Waals surface area contributed by atoms with E-state index in [2.05, 4.69) is 33.9 Å². The van der Waals surface area contributed by atoms with Crippen LogP contribution in [0.3, 0.4) is 0 Å². The number of H-pyrrole nitrogens is 1. The molecule has 1 fully saturated rings. The minimum atomic E-state index is -2.49. The summed E-state index contributed by atoms with van der Waals surface area (Å²) in [6.45, 7) is 5.99. The number of anilines is 1. The number of imidazole rings is 1. The Hall–Kier alpha value is -2.88. The molecule has 0 aromatic carbocycles. The third kappa shape index (κ3) is 5.05. The molecule has 3 N–H and O–H groups in total. The van der Waals surface area contributed by atoms with E-state index in [9.17, 15) is 8.78 Å². The lowest BCUT2D eigenvalue weighted by Crippen LogP contribution is -2.14. The van der Waals surface area contributed by atoms with Crippen LogP contribution >= 0.6 is 12.2 Å². The van der Waals surface area contributed by atoms with E-state index in [1.807, 2.05) is 6.07 Å². The summed E-state index contributed by atoms with van der Waals surface area (Å²) in [6.07, 6.45) is 6.58. The lowest BCUT2D eigenvalue weighted by atomic mass is 9.78. The maximum atomic E-state index is 12.9. The van der Waals surface area contributed by atoms with Crippen LogP contribution in [0.5, 0.6) is 0 Å². The van der Waals surface area contributed by atoms with Gasteiger partial charge in [0.25, 0.3) is 6.43 Å². The second-order valence-corrected chi connectivity index (χ2v) is 9.67. The number of pyridine rings is 1. The van der Waals surface area contributed by atoms with E-state index >= 15 is 0 Å². The molecule has 0 spiro atoms. The van der Waals surface area contributed by atoms with E-state index in [1.54, 1.807) is 29.8 Å². The second kappa shape index (κ2) is 9.17. The van der Waals surface area contributed by atoms with Gasteiger partial charge in [-0.25, -0.2) is 23.7 Å². The van der Waals surface area contributed by atoms with Gasteiger partial charge < -0.3 is 10.3 Å². The number of hydrogen-bond donors (Lipinski definition) is 2. The molecule has 0 aliphatic heterocycles. The number of aromatic amines is 1. The SMILES string of the molecule is CC1(C)CCCCC1.Cc1nc2ccc(-c3ccn4[nH]c(N)nc(=S)c34)nc2n1CC(F)F. The van der Waals surface area contributed by atoms with Crippen molar-refractivity contribution in [2.45, 2.75) is 65.8 Å². The molecule has 1 aliphatic rings. The molecule has 0 saturated heterocycles. The van der Waals surface area contributed by atoms with Gasteiger partial charge in [0.05, 0.1) is 12.2 Å². The molecular formula is C23H29F2N7S. The van der Waals surface area contributed by atoms with E-state index < -0.39 is 13.0 Å². The Bertz CT molecular complexity index is 1330. The first-order chi connectivity index (χ1) is 15.6. The summed E-state index contributed by atoms with van der Waals surface area (Å²) in [7, 11) is 0. The molecule has 4 heterocycles. The predicted molar refractivity (Wildman–Crippen MR) is 129 cm³/mol. The van der Waals surface area contributed by atoms with Gasteiger partial charge in [0.15, 0.2) is 10.3 Å². The fraction of sp³-hybridized carbons (Fsp3) is 0.478. The molecular weight excluding hydrogens is 444 g/mol. The zero-order valence-corrected chi connectivity index (χ0v) is 19.9.